The second-order valence-corrected chi connectivity index (χ2v) is 29.7. The summed E-state index contributed by atoms with van der Waals surface area (Å²) in [7, 11) is -0.411. The van der Waals surface area contributed by atoms with Gasteiger partial charge < -0.3 is 24.4 Å². The van der Waals surface area contributed by atoms with Crippen molar-refractivity contribution in [1.82, 2.24) is 39.8 Å². The van der Waals surface area contributed by atoms with E-state index in [-0.39, 0.29) is 70.6 Å². The number of aromatic nitrogens is 5. The van der Waals surface area contributed by atoms with Crippen molar-refractivity contribution in [3.63, 3.8) is 0 Å². The molecule has 78 heavy (non-hydrogen) atoms. The van der Waals surface area contributed by atoms with Crippen LogP contribution in [0.15, 0.2) is 48.5 Å². The Bertz CT molecular complexity index is 3470. The van der Waals surface area contributed by atoms with Crippen molar-refractivity contribution in [1.29, 1.82) is 0 Å². The zero-order chi connectivity index (χ0) is 54.5. The number of amides is 3. The number of hydrogen-bond donors (Lipinski definition) is 2. The molecule has 6 aliphatic rings. The van der Waals surface area contributed by atoms with E-state index in [2.05, 4.69) is 86.3 Å². The number of likely N-dealkylation sites (tertiary alicyclic amines) is 1. The fourth-order valence-corrected chi connectivity index (χ4v) is 19.8. The molecule has 1 saturated carbocycles. The monoisotopic (exact) mass is 1080 g/mol. The van der Waals surface area contributed by atoms with E-state index < -0.39 is 31.7 Å². The summed E-state index contributed by atoms with van der Waals surface area (Å²) in [5, 5.41) is 20.0. The SMILES string of the molecule is CC(C)[Si](C#Cc1c(F)ccc2cccc(-c3nc4c5c(nc(OCC6(CN7CCC(c8ccc9c(C%10CCC(=O)NC%10=O)nn(C)c9c8)CC7)CC6)nc5c3F)N3C[C@H]5CC[C@@H]([C@H]3CCO4)N5C(=O)O)c12)(C(C)C)C(C)C. The summed E-state index contributed by atoms with van der Waals surface area (Å²) in [6.07, 6.45) is 5.55. The predicted molar refractivity (Wildman–Crippen MR) is 297 cm³/mol. The molecular formula is C60H69F2N9O6Si. The van der Waals surface area contributed by atoms with Gasteiger partial charge in [0.05, 0.1) is 54.0 Å². The third-order valence-corrected chi connectivity index (χ3v) is 25.0. The van der Waals surface area contributed by atoms with Gasteiger partial charge in [0.15, 0.2) is 5.82 Å². The zero-order valence-electron chi connectivity index (χ0n) is 45.7. The number of hydrogen-bond acceptors (Lipinski definition) is 11. The van der Waals surface area contributed by atoms with Crippen LogP contribution in [0.2, 0.25) is 16.6 Å². The number of carboxylic acid groups (broad SMARTS) is 1. The van der Waals surface area contributed by atoms with Crippen LogP contribution in [-0.4, -0.2) is 123 Å². The van der Waals surface area contributed by atoms with E-state index in [1.807, 2.05) is 23.9 Å². The smallest absolute Gasteiger partial charge is 0.407 e. The molecule has 18 heteroatoms. The van der Waals surface area contributed by atoms with Crippen LogP contribution in [0, 0.1) is 28.5 Å². The van der Waals surface area contributed by atoms with Gasteiger partial charge in [0.1, 0.15) is 36.3 Å². The third-order valence-electron chi connectivity index (χ3n) is 18.7. The summed E-state index contributed by atoms with van der Waals surface area (Å²) in [5.41, 5.74) is 7.94. The highest BCUT2D eigenvalue weighted by Gasteiger charge is 2.51. The Morgan fingerprint density at radius 1 is 0.923 bits per heavy atom. The third kappa shape index (κ3) is 8.83. The van der Waals surface area contributed by atoms with Crippen LogP contribution in [-0.2, 0) is 16.6 Å². The minimum atomic E-state index is -2.32. The normalized spacial score (nSPS) is 22.4. The summed E-state index contributed by atoms with van der Waals surface area (Å²) in [5.74, 6) is 2.10. The lowest BCUT2D eigenvalue weighted by Gasteiger charge is -2.47. The van der Waals surface area contributed by atoms with Crippen LogP contribution < -0.4 is 19.7 Å². The highest BCUT2D eigenvalue weighted by atomic mass is 28.3. The van der Waals surface area contributed by atoms with E-state index in [0.29, 0.717) is 101 Å². The van der Waals surface area contributed by atoms with Gasteiger partial charge in [-0.3, -0.25) is 24.5 Å². The maximum absolute atomic E-state index is 18.1. The molecule has 4 saturated heterocycles. The number of piperidine rings is 2. The number of rotatable bonds is 11. The van der Waals surface area contributed by atoms with Gasteiger partial charge in [0.25, 0.3) is 0 Å². The van der Waals surface area contributed by atoms with Gasteiger partial charge in [-0.05, 0) is 104 Å². The molecule has 2 N–H and O–H groups in total. The second kappa shape index (κ2) is 19.9. The van der Waals surface area contributed by atoms with Crippen LogP contribution in [0.25, 0.3) is 43.8 Å². The lowest BCUT2D eigenvalue weighted by molar-refractivity contribution is -0.134. The summed E-state index contributed by atoms with van der Waals surface area (Å²) in [6, 6.07) is 14.2. The Morgan fingerprint density at radius 3 is 2.41 bits per heavy atom. The first-order valence-electron chi connectivity index (χ1n) is 28.2. The Morgan fingerprint density at radius 2 is 1.69 bits per heavy atom. The number of nitrogens with zero attached hydrogens (tertiary/aromatic N) is 8. The first-order chi connectivity index (χ1) is 37.4. The topological polar surface area (TPSA) is 168 Å². The van der Waals surface area contributed by atoms with Gasteiger partial charge in [-0.1, -0.05) is 83.9 Å². The molecule has 3 aromatic heterocycles. The van der Waals surface area contributed by atoms with Crippen LogP contribution in [0.5, 0.6) is 11.9 Å². The minimum absolute atomic E-state index is 0.0241. The average Bonchev–Trinajstić information content (AvgIpc) is 4.12. The van der Waals surface area contributed by atoms with Gasteiger partial charge in [-0.15, -0.1) is 5.54 Å². The quantitative estimate of drug-likeness (QED) is 0.0717. The number of nitrogens with one attached hydrogen (secondary N) is 1. The number of halogens is 2. The first-order valence-corrected chi connectivity index (χ1v) is 30.4. The Hall–Kier alpha value is -6.71. The van der Waals surface area contributed by atoms with Gasteiger partial charge in [-0.2, -0.15) is 15.1 Å². The zero-order valence-corrected chi connectivity index (χ0v) is 46.7. The average molecular weight is 1080 g/mol. The molecular weight excluding hydrogens is 1010 g/mol. The number of carbonyl (C=O) groups is 3. The van der Waals surface area contributed by atoms with Crippen molar-refractivity contribution >= 4 is 64.4 Å². The molecule has 3 aromatic carbocycles. The highest BCUT2D eigenvalue weighted by molar-refractivity contribution is 6.90. The van der Waals surface area contributed by atoms with Gasteiger partial charge in [-0.25, -0.2) is 18.6 Å². The lowest BCUT2D eigenvalue weighted by Crippen LogP contribution is -2.62. The molecule has 0 radical (unpaired) electrons. The molecule has 0 spiro atoms. The Labute approximate surface area is 454 Å². The maximum atomic E-state index is 18.1. The summed E-state index contributed by atoms with van der Waals surface area (Å²) < 4.78 is 49.6. The molecule has 408 valence electrons. The number of piperazine rings is 1. The maximum Gasteiger partial charge on any atom is 0.407 e. The highest BCUT2D eigenvalue weighted by Crippen LogP contribution is 2.50. The molecule has 3 amide bonds. The number of ether oxygens (including phenoxy) is 2. The molecule has 6 aromatic rings. The van der Waals surface area contributed by atoms with Crippen LogP contribution in [0.3, 0.4) is 0 Å². The number of benzene rings is 3. The Kier molecular flexibility index (Phi) is 13.3. The van der Waals surface area contributed by atoms with Gasteiger partial charge >= 0.3 is 12.1 Å². The molecule has 2 bridgehead atoms. The number of pyridine rings is 1. The molecule has 8 heterocycles. The van der Waals surface area contributed by atoms with Crippen molar-refractivity contribution in [2.75, 3.05) is 44.3 Å². The molecule has 1 unspecified atom stereocenters. The van der Waals surface area contributed by atoms with E-state index in [4.69, 9.17) is 29.5 Å². The van der Waals surface area contributed by atoms with E-state index in [1.165, 1.54) is 11.6 Å². The molecule has 1 aliphatic carbocycles. The fraction of sp³-hybridized carbons (Fsp3) is 0.517. The van der Waals surface area contributed by atoms with Crippen molar-refractivity contribution in [2.24, 2.45) is 12.5 Å². The van der Waals surface area contributed by atoms with E-state index >= 15 is 8.78 Å². The van der Waals surface area contributed by atoms with Gasteiger partial charge in [0, 0.05) is 54.7 Å². The first kappa shape index (κ1) is 52.0. The molecule has 5 fully saturated rings. The number of fused-ring (bicyclic) bond motifs is 7. The fourth-order valence-electron chi connectivity index (χ4n) is 14.6. The van der Waals surface area contributed by atoms with Crippen LogP contribution >= 0.6 is 0 Å². The van der Waals surface area contributed by atoms with Crippen molar-refractivity contribution in [3.05, 3.63) is 77.0 Å². The largest absolute Gasteiger partial charge is 0.477 e. The number of carbonyl (C=O) groups excluding carboxylic acids is 2. The van der Waals surface area contributed by atoms with Crippen LogP contribution in [0.1, 0.15) is 128 Å². The van der Waals surface area contributed by atoms with Crippen LogP contribution in [0.4, 0.5) is 19.4 Å². The number of aryl methyl sites for hydroxylation is 1. The second-order valence-electron chi connectivity index (χ2n) is 24.1. The number of imide groups is 1. The molecule has 15 nitrogen and oxygen atoms in total. The van der Waals surface area contributed by atoms with Crippen molar-refractivity contribution < 1.29 is 37.7 Å². The van der Waals surface area contributed by atoms with E-state index in [9.17, 15) is 19.5 Å². The standard InChI is InChI=1S/C60H69F2N9O6Si/c1-33(2)78(34(3)4,35(5)6)28-22-40-44(61)16-12-37-9-8-10-42(49(37)40)53-51(62)54-50-55(70-30-39-13-17-46(71(39)59(74)75)45(70)21-27-76-57(50)64-53)66-58(65-54)77-32-60(23-24-60)31-69-25-19-36(20-26-69)38-11-14-41-47(29-38)68(7)67-52(41)43-15-18-48(72)63-56(43)73/h8-12,14,16,29,33-36,39,43,45-46H,13,15,17-21,23-27,30-32H2,1-7H3,(H,74,75)(H,63,72,73)/t39-,43?,45-,46+/m1/s1. The summed E-state index contributed by atoms with van der Waals surface area (Å²) >= 11 is 0. The number of anilines is 1. The molecule has 5 aliphatic heterocycles. The lowest BCUT2D eigenvalue weighted by atomic mass is 9.87. The Balaban J connectivity index is 0.857. The van der Waals surface area contributed by atoms with Crippen molar-refractivity contribution in [3.8, 4) is 34.6 Å². The van der Waals surface area contributed by atoms with E-state index in [1.54, 1.807) is 17.0 Å². The van der Waals surface area contributed by atoms with E-state index in [0.717, 1.165) is 56.2 Å². The summed E-state index contributed by atoms with van der Waals surface area (Å²) in [4.78, 5) is 58.5. The summed E-state index contributed by atoms with van der Waals surface area (Å²) in [6.45, 7) is 16.8. The minimum Gasteiger partial charge on any atom is -0.477 e. The predicted octanol–water partition coefficient (Wildman–Crippen LogP) is 10.6. The molecule has 12 rings (SSSR count). The molecule has 4 atom stereocenters. The van der Waals surface area contributed by atoms with Crippen molar-refractivity contribution in [2.45, 2.75) is 146 Å². The van der Waals surface area contributed by atoms with Gasteiger partial charge in [0.2, 0.25) is 17.7 Å².